The average molecular weight is 207 g/mol. The maximum atomic E-state index is 5.35. The molecule has 0 spiro atoms. The first kappa shape index (κ1) is 12.1. The van der Waals surface area contributed by atoms with E-state index in [1.54, 1.807) is 7.11 Å². The molecule has 15 heavy (non-hydrogen) atoms. The van der Waals surface area contributed by atoms with E-state index >= 15 is 0 Å². The normalized spacial score (nSPS) is 12.5. The summed E-state index contributed by atoms with van der Waals surface area (Å²) in [5.41, 5.74) is 1.31. The predicted octanol–water partition coefficient (Wildman–Crippen LogP) is 2.48. The quantitative estimate of drug-likeness (QED) is 0.773. The van der Waals surface area contributed by atoms with Crippen LogP contribution >= 0.6 is 0 Å². The van der Waals surface area contributed by atoms with E-state index in [0.29, 0.717) is 5.92 Å². The molecule has 0 heterocycles. The van der Waals surface area contributed by atoms with Gasteiger partial charge in [0.05, 0.1) is 7.11 Å². The Kier molecular flexibility index (Phi) is 5.19. The largest absolute Gasteiger partial charge is 0.496 e. The molecular weight excluding hydrogens is 186 g/mol. The van der Waals surface area contributed by atoms with E-state index in [2.05, 4.69) is 24.4 Å². The number of hydrogen-bond donors (Lipinski definition) is 1. The second kappa shape index (κ2) is 6.46. The second-order valence-electron chi connectivity index (χ2n) is 3.85. The zero-order chi connectivity index (χ0) is 11.1. The molecule has 0 aliphatic carbocycles. The lowest BCUT2D eigenvalue weighted by Gasteiger charge is -2.16. The highest BCUT2D eigenvalue weighted by Crippen LogP contribution is 2.21. The number of benzene rings is 1. The highest BCUT2D eigenvalue weighted by Gasteiger charge is 2.09. The van der Waals surface area contributed by atoms with Crippen LogP contribution in [-0.2, 0) is 6.42 Å². The summed E-state index contributed by atoms with van der Waals surface area (Å²) in [4.78, 5) is 0. The van der Waals surface area contributed by atoms with Crippen LogP contribution in [0.5, 0.6) is 5.75 Å². The van der Waals surface area contributed by atoms with Gasteiger partial charge in [0.2, 0.25) is 0 Å². The first-order chi connectivity index (χ1) is 7.31. The molecule has 0 radical (unpaired) electrons. The summed E-state index contributed by atoms with van der Waals surface area (Å²) in [6.07, 6.45) is 2.28. The van der Waals surface area contributed by atoms with E-state index in [-0.39, 0.29) is 0 Å². The molecule has 1 N–H and O–H groups in total. The lowest BCUT2D eigenvalue weighted by atomic mass is 9.96. The monoisotopic (exact) mass is 207 g/mol. The molecule has 1 aromatic carbocycles. The molecule has 0 aliphatic rings. The molecule has 0 bridgehead atoms. The fourth-order valence-corrected chi connectivity index (χ4v) is 1.83. The zero-order valence-corrected chi connectivity index (χ0v) is 9.92. The Bertz CT molecular complexity index is 286. The molecular formula is C13H21NO. The number of methoxy groups -OCH3 is 1. The molecule has 0 aliphatic heterocycles. The van der Waals surface area contributed by atoms with Gasteiger partial charge in [-0.25, -0.2) is 0 Å². The molecule has 1 unspecified atom stereocenters. The average Bonchev–Trinajstić information content (AvgIpc) is 2.29. The third-order valence-electron chi connectivity index (χ3n) is 2.77. The van der Waals surface area contributed by atoms with Crippen molar-refractivity contribution in [2.75, 3.05) is 20.7 Å². The summed E-state index contributed by atoms with van der Waals surface area (Å²) in [6.45, 7) is 3.30. The Hall–Kier alpha value is -1.02. The molecule has 1 atom stereocenters. The molecule has 0 amide bonds. The molecule has 2 heteroatoms. The Balaban J connectivity index is 2.69. The van der Waals surface area contributed by atoms with Crippen LogP contribution in [-0.4, -0.2) is 20.7 Å². The fourth-order valence-electron chi connectivity index (χ4n) is 1.83. The first-order valence-electron chi connectivity index (χ1n) is 5.58. The van der Waals surface area contributed by atoms with E-state index in [4.69, 9.17) is 4.74 Å². The van der Waals surface area contributed by atoms with Crippen molar-refractivity contribution in [2.24, 2.45) is 5.92 Å². The van der Waals surface area contributed by atoms with Crippen LogP contribution in [0.25, 0.3) is 0 Å². The smallest absolute Gasteiger partial charge is 0.122 e. The molecule has 0 saturated carbocycles. The number of ether oxygens (including phenoxy) is 1. The van der Waals surface area contributed by atoms with Gasteiger partial charge < -0.3 is 10.1 Å². The number of para-hydroxylation sites is 1. The van der Waals surface area contributed by atoms with Crippen molar-refractivity contribution in [2.45, 2.75) is 19.8 Å². The van der Waals surface area contributed by atoms with Gasteiger partial charge >= 0.3 is 0 Å². The van der Waals surface area contributed by atoms with Gasteiger partial charge in [0.25, 0.3) is 0 Å². The minimum absolute atomic E-state index is 0.686. The molecule has 84 valence electrons. The lowest BCUT2D eigenvalue weighted by Crippen LogP contribution is -2.20. The minimum atomic E-state index is 0.686. The van der Waals surface area contributed by atoms with Gasteiger partial charge in [-0.3, -0.25) is 0 Å². The van der Waals surface area contributed by atoms with E-state index in [1.807, 2.05) is 19.2 Å². The molecule has 0 saturated heterocycles. The predicted molar refractivity (Wildman–Crippen MR) is 64.4 cm³/mol. The SMILES string of the molecule is CCC(CNC)Cc1ccccc1OC. The molecule has 2 nitrogen and oxygen atoms in total. The van der Waals surface area contributed by atoms with Gasteiger partial charge in [-0.05, 0) is 37.6 Å². The summed E-state index contributed by atoms with van der Waals surface area (Å²) >= 11 is 0. The lowest BCUT2D eigenvalue weighted by molar-refractivity contribution is 0.400. The standard InChI is InChI=1S/C13H21NO/c1-4-11(10-14-2)9-12-7-5-6-8-13(12)15-3/h5-8,11,14H,4,9-10H2,1-3H3. The first-order valence-corrected chi connectivity index (χ1v) is 5.58. The second-order valence-corrected chi connectivity index (χ2v) is 3.85. The molecule has 0 aromatic heterocycles. The third-order valence-corrected chi connectivity index (χ3v) is 2.77. The van der Waals surface area contributed by atoms with Crippen LogP contribution in [0.3, 0.4) is 0 Å². The highest BCUT2D eigenvalue weighted by molar-refractivity contribution is 5.33. The Morgan fingerprint density at radius 3 is 2.67 bits per heavy atom. The van der Waals surface area contributed by atoms with Crippen LogP contribution in [0.2, 0.25) is 0 Å². The Morgan fingerprint density at radius 2 is 2.07 bits per heavy atom. The van der Waals surface area contributed by atoms with Gasteiger partial charge in [0.1, 0.15) is 5.75 Å². The summed E-state index contributed by atoms with van der Waals surface area (Å²) in [5.74, 6) is 1.69. The maximum Gasteiger partial charge on any atom is 0.122 e. The number of hydrogen-bond acceptors (Lipinski definition) is 2. The van der Waals surface area contributed by atoms with E-state index in [0.717, 1.165) is 18.7 Å². The van der Waals surface area contributed by atoms with Crippen molar-refractivity contribution in [3.63, 3.8) is 0 Å². The van der Waals surface area contributed by atoms with Crippen LogP contribution in [0.4, 0.5) is 0 Å². The topological polar surface area (TPSA) is 21.3 Å². The molecule has 0 fully saturated rings. The van der Waals surface area contributed by atoms with Crippen LogP contribution < -0.4 is 10.1 Å². The van der Waals surface area contributed by atoms with Crippen LogP contribution in [0.15, 0.2) is 24.3 Å². The van der Waals surface area contributed by atoms with Crippen molar-refractivity contribution in [3.8, 4) is 5.75 Å². The van der Waals surface area contributed by atoms with Gasteiger partial charge in [-0.1, -0.05) is 31.5 Å². The minimum Gasteiger partial charge on any atom is -0.496 e. The molecule has 1 rings (SSSR count). The van der Waals surface area contributed by atoms with Crippen molar-refractivity contribution >= 4 is 0 Å². The Labute approximate surface area is 92.6 Å². The van der Waals surface area contributed by atoms with E-state index in [1.165, 1.54) is 12.0 Å². The zero-order valence-electron chi connectivity index (χ0n) is 9.92. The van der Waals surface area contributed by atoms with Gasteiger partial charge in [0, 0.05) is 0 Å². The van der Waals surface area contributed by atoms with Crippen molar-refractivity contribution in [1.82, 2.24) is 5.32 Å². The van der Waals surface area contributed by atoms with Crippen LogP contribution in [0.1, 0.15) is 18.9 Å². The van der Waals surface area contributed by atoms with Crippen molar-refractivity contribution in [3.05, 3.63) is 29.8 Å². The van der Waals surface area contributed by atoms with Gasteiger partial charge in [0.15, 0.2) is 0 Å². The summed E-state index contributed by atoms with van der Waals surface area (Å²) < 4.78 is 5.35. The number of rotatable bonds is 6. The van der Waals surface area contributed by atoms with E-state index in [9.17, 15) is 0 Å². The Morgan fingerprint density at radius 1 is 1.33 bits per heavy atom. The van der Waals surface area contributed by atoms with Gasteiger partial charge in [-0.15, -0.1) is 0 Å². The van der Waals surface area contributed by atoms with E-state index < -0.39 is 0 Å². The summed E-state index contributed by atoms with van der Waals surface area (Å²) in [7, 11) is 3.74. The third kappa shape index (κ3) is 3.56. The van der Waals surface area contributed by atoms with Crippen molar-refractivity contribution < 1.29 is 4.74 Å². The molecule has 1 aromatic rings. The fraction of sp³-hybridized carbons (Fsp3) is 0.538. The van der Waals surface area contributed by atoms with Crippen molar-refractivity contribution in [1.29, 1.82) is 0 Å². The maximum absolute atomic E-state index is 5.35. The summed E-state index contributed by atoms with van der Waals surface area (Å²) in [6, 6.07) is 8.27. The summed E-state index contributed by atoms with van der Waals surface area (Å²) in [5, 5.41) is 3.24. The number of nitrogens with one attached hydrogen (secondary N) is 1. The highest BCUT2D eigenvalue weighted by atomic mass is 16.5. The van der Waals surface area contributed by atoms with Gasteiger partial charge in [-0.2, -0.15) is 0 Å². The van der Waals surface area contributed by atoms with Crippen LogP contribution in [0, 0.1) is 5.92 Å².